The first-order valence-corrected chi connectivity index (χ1v) is 7.04. The standard InChI is InChI=1S/C10H19N3O2S/c1-9-4-3-7-13(8-9)16(14,15)12-10(2)5-6-11/h9-10,12H,3-5,7-8H2,1-2H3. The highest BCUT2D eigenvalue weighted by Crippen LogP contribution is 2.17. The van der Waals surface area contributed by atoms with Gasteiger partial charge >= 0.3 is 0 Å². The van der Waals surface area contributed by atoms with Crippen molar-refractivity contribution in [2.45, 2.75) is 39.2 Å². The maximum absolute atomic E-state index is 11.9. The van der Waals surface area contributed by atoms with E-state index in [9.17, 15) is 8.42 Å². The molecule has 1 fully saturated rings. The number of rotatable bonds is 4. The number of piperidine rings is 1. The van der Waals surface area contributed by atoms with Crippen molar-refractivity contribution in [1.82, 2.24) is 9.03 Å². The molecule has 1 rings (SSSR count). The lowest BCUT2D eigenvalue weighted by Gasteiger charge is -2.30. The van der Waals surface area contributed by atoms with Gasteiger partial charge in [-0.05, 0) is 25.7 Å². The molecule has 2 atom stereocenters. The molecular weight excluding hydrogens is 226 g/mol. The number of nitrogens with zero attached hydrogens (tertiary/aromatic N) is 2. The molecule has 0 aromatic rings. The maximum atomic E-state index is 11.9. The Balaban J connectivity index is 2.59. The predicted octanol–water partition coefficient (Wildman–Crippen LogP) is 0.855. The van der Waals surface area contributed by atoms with Gasteiger partial charge in [-0.3, -0.25) is 0 Å². The monoisotopic (exact) mass is 245 g/mol. The van der Waals surface area contributed by atoms with E-state index in [0.717, 1.165) is 12.8 Å². The van der Waals surface area contributed by atoms with Crippen molar-refractivity contribution in [3.05, 3.63) is 0 Å². The van der Waals surface area contributed by atoms with Crippen molar-refractivity contribution in [1.29, 1.82) is 5.26 Å². The minimum absolute atomic E-state index is 0.197. The molecule has 16 heavy (non-hydrogen) atoms. The molecule has 0 bridgehead atoms. The minimum Gasteiger partial charge on any atom is -0.198 e. The SMILES string of the molecule is CC1CCCN(S(=O)(=O)NC(C)CC#N)C1. The molecule has 0 aliphatic carbocycles. The first kappa shape index (κ1) is 13.4. The van der Waals surface area contributed by atoms with Gasteiger partial charge in [0.1, 0.15) is 0 Å². The van der Waals surface area contributed by atoms with Crippen molar-refractivity contribution < 1.29 is 8.42 Å². The van der Waals surface area contributed by atoms with E-state index < -0.39 is 10.2 Å². The van der Waals surface area contributed by atoms with E-state index in [1.165, 1.54) is 4.31 Å². The highest BCUT2D eigenvalue weighted by atomic mass is 32.2. The molecule has 0 aromatic carbocycles. The van der Waals surface area contributed by atoms with Gasteiger partial charge < -0.3 is 0 Å². The van der Waals surface area contributed by atoms with Crippen LogP contribution in [0.1, 0.15) is 33.1 Å². The maximum Gasteiger partial charge on any atom is 0.279 e. The Kier molecular flexibility index (Phi) is 4.71. The zero-order chi connectivity index (χ0) is 12.2. The molecule has 2 unspecified atom stereocenters. The van der Waals surface area contributed by atoms with Gasteiger partial charge in [0.2, 0.25) is 0 Å². The summed E-state index contributed by atoms with van der Waals surface area (Å²) >= 11 is 0. The third-order valence-corrected chi connectivity index (χ3v) is 4.42. The van der Waals surface area contributed by atoms with Crippen molar-refractivity contribution >= 4 is 10.2 Å². The van der Waals surface area contributed by atoms with E-state index in [1.807, 2.05) is 6.07 Å². The molecule has 1 aliphatic rings. The molecule has 1 N–H and O–H groups in total. The molecule has 0 aromatic heterocycles. The molecule has 0 radical (unpaired) electrons. The molecule has 1 aliphatic heterocycles. The van der Waals surface area contributed by atoms with Crippen LogP contribution >= 0.6 is 0 Å². The van der Waals surface area contributed by atoms with Crippen molar-refractivity contribution in [2.75, 3.05) is 13.1 Å². The fourth-order valence-corrected chi connectivity index (χ4v) is 3.43. The molecule has 1 heterocycles. The Morgan fingerprint density at radius 3 is 2.88 bits per heavy atom. The quantitative estimate of drug-likeness (QED) is 0.798. The summed E-state index contributed by atoms with van der Waals surface area (Å²) in [6, 6.07) is 1.63. The zero-order valence-corrected chi connectivity index (χ0v) is 10.6. The predicted molar refractivity (Wildman–Crippen MR) is 61.7 cm³/mol. The van der Waals surface area contributed by atoms with E-state index in [4.69, 9.17) is 5.26 Å². The van der Waals surface area contributed by atoms with Crippen LogP contribution in [0.5, 0.6) is 0 Å². The van der Waals surface area contributed by atoms with Gasteiger partial charge in [-0.25, -0.2) is 0 Å². The van der Waals surface area contributed by atoms with Crippen LogP contribution in [0.15, 0.2) is 0 Å². The van der Waals surface area contributed by atoms with Gasteiger partial charge in [0, 0.05) is 19.1 Å². The number of hydrogen-bond acceptors (Lipinski definition) is 3. The summed E-state index contributed by atoms with van der Waals surface area (Å²) in [6.45, 7) is 4.92. The summed E-state index contributed by atoms with van der Waals surface area (Å²) in [5.74, 6) is 0.414. The van der Waals surface area contributed by atoms with Crippen LogP contribution in [0.3, 0.4) is 0 Å². The van der Waals surface area contributed by atoms with Gasteiger partial charge in [-0.1, -0.05) is 6.92 Å². The number of hydrogen-bond donors (Lipinski definition) is 1. The van der Waals surface area contributed by atoms with Crippen LogP contribution in [0.2, 0.25) is 0 Å². The molecule has 92 valence electrons. The highest BCUT2D eigenvalue weighted by Gasteiger charge is 2.27. The first-order chi connectivity index (χ1) is 7.45. The Labute approximate surface area is 97.6 Å². The van der Waals surface area contributed by atoms with E-state index in [1.54, 1.807) is 6.92 Å². The lowest BCUT2D eigenvalue weighted by molar-refractivity contribution is 0.277. The molecule has 0 spiro atoms. The van der Waals surface area contributed by atoms with Crippen LogP contribution in [0.25, 0.3) is 0 Å². The average Bonchev–Trinajstić information content (AvgIpc) is 2.17. The van der Waals surface area contributed by atoms with E-state index in [-0.39, 0.29) is 12.5 Å². The average molecular weight is 245 g/mol. The lowest BCUT2D eigenvalue weighted by atomic mass is 10.0. The summed E-state index contributed by atoms with van der Waals surface area (Å²) in [7, 11) is -3.41. The second-order valence-electron chi connectivity index (χ2n) is 4.49. The third-order valence-electron chi connectivity index (χ3n) is 2.71. The molecule has 0 amide bonds. The fourth-order valence-electron chi connectivity index (χ4n) is 1.87. The zero-order valence-electron chi connectivity index (χ0n) is 9.81. The van der Waals surface area contributed by atoms with Crippen LogP contribution in [-0.4, -0.2) is 31.9 Å². The molecule has 6 heteroatoms. The lowest BCUT2D eigenvalue weighted by Crippen LogP contribution is -2.48. The molecule has 1 saturated heterocycles. The highest BCUT2D eigenvalue weighted by molar-refractivity contribution is 7.87. The molecule has 5 nitrogen and oxygen atoms in total. The van der Waals surface area contributed by atoms with E-state index >= 15 is 0 Å². The summed E-state index contributed by atoms with van der Waals surface area (Å²) in [5.41, 5.74) is 0. The summed E-state index contributed by atoms with van der Waals surface area (Å²) < 4.78 is 27.8. The Hall–Kier alpha value is -0.640. The normalized spacial score (nSPS) is 24.9. The van der Waals surface area contributed by atoms with Crippen molar-refractivity contribution in [2.24, 2.45) is 5.92 Å². The second-order valence-corrected chi connectivity index (χ2v) is 6.19. The minimum atomic E-state index is -3.41. The van der Waals surface area contributed by atoms with Crippen LogP contribution in [0.4, 0.5) is 0 Å². The van der Waals surface area contributed by atoms with Crippen molar-refractivity contribution in [3.8, 4) is 6.07 Å². The van der Waals surface area contributed by atoms with E-state index in [0.29, 0.717) is 19.0 Å². The van der Waals surface area contributed by atoms with E-state index in [2.05, 4.69) is 11.6 Å². The summed E-state index contributed by atoms with van der Waals surface area (Å²) in [5, 5.41) is 8.49. The fraction of sp³-hybridized carbons (Fsp3) is 0.900. The molecule has 0 saturated carbocycles. The summed E-state index contributed by atoms with van der Waals surface area (Å²) in [4.78, 5) is 0. The third kappa shape index (κ3) is 3.74. The molecular formula is C10H19N3O2S. The van der Waals surface area contributed by atoms with Crippen molar-refractivity contribution in [3.63, 3.8) is 0 Å². The smallest absolute Gasteiger partial charge is 0.198 e. The van der Waals surface area contributed by atoms with Gasteiger partial charge in [-0.2, -0.15) is 22.7 Å². The topological polar surface area (TPSA) is 73.2 Å². The summed E-state index contributed by atoms with van der Waals surface area (Å²) in [6.07, 6.45) is 2.19. The Morgan fingerprint density at radius 2 is 2.31 bits per heavy atom. The first-order valence-electron chi connectivity index (χ1n) is 5.60. The number of nitriles is 1. The van der Waals surface area contributed by atoms with Crippen LogP contribution < -0.4 is 4.72 Å². The van der Waals surface area contributed by atoms with Crippen LogP contribution in [-0.2, 0) is 10.2 Å². The Morgan fingerprint density at radius 1 is 1.62 bits per heavy atom. The Bertz CT molecular complexity index is 361. The van der Waals surface area contributed by atoms with Crippen LogP contribution in [0, 0.1) is 17.2 Å². The van der Waals surface area contributed by atoms with Gasteiger partial charge in [-0.15, -0.1) is 0 Å². The second kappa shape index (κ2) is 5.62. The van der Waals surface area contributed by atoms with Gasteiger partial charge in [0.05, 0.1) is 12.5 Å². The van der Waals surface area contributed by atoms with Gasteiger partial charge in [0.15, 0.2) is 0 Å². The number of nitrogens with one attached hydrogen (secondary N) is 1. The largest absolute Gasteiger partial charge is 0.279 e. The van der Waals surface area contributed by atoms with Gasteiger partial charge in [0.25, 0.3) is 10.2 Å².